The van der Waals surface area contributed by atoms with Crippen LogP contribution in [-0.4, -0.2) is 22.1 Å². The van der Waals surface area contributed by atoms with Gasteiger partial charge >= 0.3 is 5.97 Å². The summed E-state index contributed by atoms with van der Waals surface area (Å²) in [6.07, 6.45) is 0. The first kappa shape index (κ1) is 14.9. The van der Waals surface area contributed by atoms with Gasteiger partial charge in [0.1, 0.15) is 22.8 Å². The molecule has 0 saturated heterocycles. The Kier molecular flexibility index (Phi) is 4.18. The van der Waals surface area contributed by atoms with Gasteiger partial charge in [0.05, 0.1) is 12.1 Å². The zero-order valence-corrected chi connectivity index (χ0v) is 11.8. The van der Waals surface area contributed by atoms with Crippen molar-refractivity contribution < 1.29 is 24.2 Å². The van der Waals surface area contributed by atoms with Crippen molar-refractivity contribution in [1.82, 2.24) is 5.32 Å². The number of aromatic carboxylic acids is 1. The summed E-state index contributed by atoms with van der Waals surface area (Å²) in [5.41, 5.74) is 0.0779. The Hall–Kier alpha value is -2.47. The summed E-state index contributed by atoms with van der Waals surface area (Å²) in [4.78, 5) is 22.8. The summed E-state index contributed by atoms with van der Waals surface area (Å²) in [5, 5.41) is 21.3. The number of rotatable bonds is 4. The third-order valence-electron chi connectivity index (χ3n) is 2.83. The number of carboxylic acid groups (broad SMARTS) is 1. The van der Waals surface area contributed by atoms with E-state index in [0.29, 0.717) is 10.8 Å². The SMILES string of the molecule is Cc1oc(CNC(=O)c2cc(Cl)ccc2O)cc1C(=O)O. The van der Waals surface area contributed by atoms with Gasteiger partial charge in [-0.05, 0) is 31.2 Å². The number of amides is 1. The Morgan fingerprint density at radius 1 is 1.29 bits per heavy atom. The Bertz CT molecular complexity index is 707. The van der Waals surface area contributed by atoms with Crippen LogP contribution in [0, 0.1) is 6.92 Å². The largest absolute Gasteiger partial charge is 0.507 e. The number of carbonyl (C=O) groups excluding carboxylic acids is 1. The molecule has 2 rings (SSSR count). The number of carbonyl (C=O) groups is 2. The average molecular weight is 310 g/mol. The highest BCUT2D eigenvalue weighted by molar-refractivity contribution is 6.31. The van der Waals surface area contributed by atoms with Gasteiger partial charge in [-0.2, -0.15) is 0 Å². The van der Waals surface area contributed by atoms with E-state index in [-0.39, 0.29) is 29.2 Å². The van der Waals surface area contributed by atoms with Gasteiger partial charge in [-0.1, -0.05) is 11.6 Å². The summed E-state index contributed by atoms with van der Waals surface area (Å²) < 4.78 is 5.23. The van der Waals surface area contributed by atoms with E-state index in [9.17, 15) is 14.7 Å². The van der Waals surface area contributed by atoms with Crippen LogP contribution in [0.4, 0.5) is 0 Å². The fraction of sp³-hybridized carbons (Fsp3) is 0.143. The number of nitrogens with one attached hydrogen (secondary N) is 1. The fourth-order valence-electron chi connectivity index (χ4n) is 1.80. The van der Waals surface area contributed by atoms with Crippen LogP contribution < -0.4 is 5.32 Å². The molecular formula is C14H12ClNO5. The van der Waals surface area contributed by atoms with Crippen molar-refractivity contribution in [1.29, 1.82) is 0 Å². The van der Waals surface area contributed by atoms with Crippen molar-refractivity contribution >= 4 is 23.5 Å². The van der Waals surface area contributed by atoms with Gasteiger partial charge in [0.2, 0.25) is 0 Å². The minimum Gasteiger partial charge on any atom is -0.507 e. The number of aryl methyl sites for hydroxylation is 1. The molecule has 0 unspecified atom stereocenters. The molecule has 0 aliphatic carbocycles. The summed E-state index contributed by atoms with van der Waals surface area (Å²) in [6.45, 7) is 1.52. The van der Waals surface area contributed by atoms with Crippen molar-refractivity contribution in [3.05, 3.63) is 51.9 Å². The maximum absolute atomic E-state index is 11.9. The van der Waals surface area contributed by atoms with Crippen LogP contribution in [0.25, 0.3) is 0 Å². The van der Waals surface area contributed by atoms with Crippen LogP contribution in [0.2, 0.25) is 5.02 Å². The zero-order chi connectivity index (χ0) is 15.6. The molecule has 21 heavy (non-hydrogen) atoms. The number of hydrogen-bond donors (Lipinski definition) is 3. The van der Waals surface area contributed by atoms with Crippen LogP contribution in [0.1, 0.15) is 32.2 Å². The van der Waals surface area contributed by atoms with E-state index in [0.717, 1.165) is 0 Å². The predicted octanol–water partition coefficient (Wildman–Crippen LogP) is 2.58. The van der Waals surface area contributed by atoms with Crippen molar-refractivity contribution in [2.24, 2.45) is 0 Å². The van der Waals surface area contributed by atoms with Gasteiger partial charge in [-0.25, -0.2) is 4.79 Å². The summed E-state index contributed by atoms with van der Waals surface area (Å²) in [6, 6.07) is 5.46. The lowest BCUT2D eigenvalue weighted by molar-refractivity contribution is 0.0694. The smallest absolute Gasteiger partial charge is 0.339 e. The number of halogens is 1. The number of carboxylic acids is 1. The molecule has 0 fully saturated rings. The van der Waals surface area contributed by atoms with Crippen LogP contribution in [0.15, 0.2) is 28.7 Å². The average Bonchev–Trinajstić information content (AvgIpc) is 2.80. The first-order valence-electron chi connectivity index (χ1n) is 5.98. The fourth-order valence-corrected chi connectivity index (χ4v) is 1.97. The Balaban J connectivity index is 2.09. The summed E-state index contributed by atoms with van der Waals surface area (Å²) in [7, 11) is 0. The molecule has 7 heteroatoms. The van der Waals surface area contributed by atoms with Gasteiger partial charge in [-0.15, -0.1) is 0 Å². The van der Waals surface area contributed by atoms with Crippen molar-refractivity contribution in [3.63, 3.8) is 0 Å². The quantitative estimate of drug-likeness (QED) is 0.806. The maximum Gasteiger partial charge on any atom is 0.339 e. The van der Waals surface area contributed by atoms with Gasteiger partial charge in [0.15, 0.2) is 0 Å². The molecule has 6 nitrogen and oxygen atoms in total. The van der Waals surface area contributed by atoms with Crippen LogP contribution in [0.3, 0.4) is 0 Å². The summed E-state index contributed by atoms with van der Waals surface area (Å²) >= 11 is 5.76. The van der Waals surface area contributed by atoms with Gasteiger partial charge in [-0.3, -0.25) is 4.79 Å². The molecule has 2 aromatic rings. The molecule has 0 radical (unpaired) electrons. The molecule has 110 valence electrons. The lowest BCUT2D eigenvalue weighted by atomic mass is 10.2. The second-order valence-corrected chi connectivity index (χ2v) is 4.77. The number of furan rings is 1. The Labute approximate surface area is 125 Å². The second kappa shape index (κ2) is 5.88. The van der Waals surface area contributed by atoms with E-state index in [1.165, 1.54) is 31.2 Å². The number of aromatic hydroxyl groups is 1. The topological polar surface area (TPSA) is 99.8 Å². The third kappa shape index (κ3) is 3.35. The van der Waals surface area contributed by atoms with Gasteiger partial charge in [0.25, 0.3) is 5.91 Å². The van der Waals surface area contributed by atoms with Crippen LogP contribution in [-0.2, 0) is 6.54 Å². The van der Waals surface area contributed by atoms with E-state index in [1.54, 1.807) is 0 Å². The maximum atomic E-state index is 11.9. The minimum absolute atomic E-state index is 0.00108. The van der Waals surface area contributed by atoms with Gasteiger partial charge < -0.3 is 19.9 Å². The second-order valence-electron chi connectivity index (χ2n) is 4.33. The van der Waals surface area contributed by atoms with Gasteiger partial charge in [0, 0.05) is 5.02 Å². The molecule has 0 bridgehead atoms. The molecule has 1 heterocycles. The third-order valence-corrected chi connectivity index (χ3v) is 3.06. The molecule has 0 atom stereocenters. The highest BCUT2D eigenvalue weighted by atomic mass is 35.5. The Morgan fingerprint density at radius 2 is 2.00 bits per heavy atom. The number of benzene rings is 1. The van der Waals surface area contributed by atoms with E-state index >= 15 is 0 Å². The standard InChI is InChI=1S/C14H12ClNO5/c1-7-10(14(19)20)5-9(21-7)6-16-13(18)11-4-8(15)2-3-12(11)17/h2-5,17H,6H2,1H3,(H,16,18)(H,19,20). The lowest BCUT2D eigenvalue weighted by Crippen LogP contribution is -2.22. The monoisotopic (exact) mass is 309 g/mol. The normalized spacial score (nSPS) is 10.4. The lowest BCUT2D eigenvalue weighted by Gasteiger charge is -2.05. The molecule has 0 spiro atoms. The zero-order valence-electron chi connectivity index (χ0n) is 11.0. The van der Waals surface area contributed by atoms with Crippen molar-refractivity contribution in [2.45, 2.75) is 13.5 Å². The molecule has 0 saturated carbocycles. The van der Waals surface area contributed by atoms with Crippen molar-refractivity contribution in [3.8, 4) is 5.75 Å². The molecule has 1 amide bonds. The van der Waals surface area contributed by atoms with Crippen LogP contribution >= 0.6 is 11.6 Å². The van der Waals surface area contributed by atoms with E-state index in [1.807, 2.05) is 0 Å². The molecular weight excluding hydrogens is 298 g/mol. The summed E-state index contributed by atoms with van der Waals surface area (Å²) in [5.74, 6) is -1.27. The Morgan fingerprint density at radius 3 is 2.62 bits per heavy atom. The highest BCUT2D eigenvalue weighted by Gasteiger charge is 2.16. The molecule has 0 aliphatic heterocycles. The minimum atomic E-state index is -1.10. The number of phenolic OH excluding ortho intramolecular Hbond substituents is 1. The van der Waals surface area contributed by atoms with E-state index < -0.39 is 11.9 Å². The predicted molar refractivity (Wildman–Crippen MR) is 74.7 cm³/mol. The van der Waals surface area contributed by atoms with Crippen molar-refractivity contribution in [2.75, 3.05) is 0 Å². The molecule has 1 aromatic heterocycles. The number of hydrogen-bond acceptors (Lipinski definition) is 4. The highest BCUT2D eigenvalue weighted by Crippen LogP contribution is 2.21. The van der Waals surface area contributed by atoms with E-state index in [4.69, 9.17) is 21.1 Å². The molecule has 0 aliphatic rings. The molecule has 1 aromatic carbocycles. The first-order valence-corrected chi connectivity index (χ1v) is 6.35. The molecule has 3 N–H and O–H groups in total. The first-order chi connectivity index (χ1) is 9.88. The number of phenols is 1. The van der Waals surface area contributed by atoms with E-state index in [2.05, 4.69) is 5.32 Å². The van der Waals surface area contributed by atoms with Crippen LogP contribution in [0.5, 0.6) is 5.75 Å².